The predicted octanol–water partition coefficient (Wildman–Crippen LogP) is 2.22. The number of carbonyl (C=O) groups excluding carboxylic acids is 1. The normalized spacial score (nSPS) is 24.1. The Balaban J connectivity index is 1.55. The number of likely N-dealkylation sites (tertiary alicyclic amines) is 1. The van der Waals surface area contributed by atoms with Gasteiger partial charge in [-0.1, -0.05) is 25.5 Å². The molecule has 0 unspecified atom stereocenters. The summed E-state index contributed by atoms with van der Waals surface area (Å²) < 4.78 is 16.9. The van der Waals surface area contributed by atoms with E-state index in [1.54, 1.807) is 0 Å². The molecule has 0 aliphatic carbocycles. The van der Waals surface area contributed by atoms with Gasteiger partial charge in [0, 0.05) is 38.0 Å². The minimum atomic E-state index is -0.823. The number of ether oxygens (including phenoxy) is 3. The van der Waals surface area contributed by atoms with Gasteiger partial charge in [0.2, 0.25) is 5.91 Å². The van der Waals surface area contributed by atoms with Crippen molar-refractivity contribution in [1.29, 1.82) is 0 Å². The first-order chi connectivity index (χ1) is 17.5. The van der Waals surface area contributed by atoms with E-state index in [-0.39, 0.29) is 30.7 Å². The second-order valence-corrected chi connectivity index (χ2v) is 10.1. The van der Waals surface area contributed by atoms with E-state index in [2.05, 4.69) is 17.9 Å². The van der Waals surface area contributed by atoms with Gasteiger partial charge in [0.1, 0.15) is 5.75 Å². The molecule has 0 aromatic heterocycles. The number of hydrogen-bond donors (Lipinski definition) is 2. The van der Waals surface area contributed by atoms with E-state index < -0.39 is 11.9 Å². The number of carbonyl (C=O) groups is 2. The second kappa shape index (κ2) is 12.9. The standard InChI is InChI=1S/C27H41N3O6/c1-2-3-11-29(12-4-10-28)24(31)18-30-17-21(19-5-7-23-20(16-19)9-13-34-23)26(27(32)33)22(30)6-8-25-35-14-15-36-25/h5,7,16,21-22,25-26H,2-4,6,8-15,17-18,28H2,1H3,(H,32,33)/t21-,22+,26-/m1/s1. The fraction of sp³-hybridized carbons (Fsp3) is 0.704. The largest absolute Gasteiger partial charge is 0.493 e. The number of rotatable bonds is 13. The number of carboxylic acid groups (broad SMARTS) is 1. The molecule has 1 aromatic carbocycles. The number of amides is 1. The van der Waals surface area contributed by atoms with Gasteiger partial charge in [-0.25, -0.2) is 0 Å². The van der Waals surface area contributed by atoms with E-state index in [1.165, 1.54) is 0 Å². The van der Waals surface area contributed by atoms with Crippen molar-refractivity contribution in [3.63, 3.8) is 0 Å². The zero-order valence-corrected chi connectivity index (χ0v) is 21.4. The lowest BCUT2D eigenvalue weighted by Gasteiger charge is -2.30. The maximum atomic E-state index is 13.4. The van der Waals surface area contributed by atoms with Crippen molar-refractivity contribution in [3.8, 4) is 5.75 Å². The molecule has 4 rings (SSSR count). The maximum Gasteiger partial charge on any atom is 0.308 e. The van der Waals surface area contributed by atoms with Crippen molar-refractivity contribution in [2.24, 2.45) is 11.7 Å². The Kier molecular flexibility index (Phi) is 9.59. The summed E-state index contributed by atoms with van der Waals surface area (Å²) in [5, 5.41) is 10.4. The number of fused-ring (bicyclic) bond motifs is 1. The van der Waals surface area contributed by atoms with Crippen molar-refractivity contribution in [1.82, 2.24) is 9.80 Å². The Morgan fingerprint density at radius 3 is 2.64 bits per heavy atom. The highest BCUT2D eigenvalue weighted by Gasteiger charge is 2.47. The van der Waals surface area contributed by atoms with E-state index in [0.29, 0.717) is 58.8 Å². The molecule has 3 heterocycles. The average molecular weight is 504 g/mol. The average Bonchev–Trinajstić information content (AvgIpc) is 3.62. The Bertz CT molecular complexity index is 882. The maximum absolute atomic E-state index is 13.4. The van der Waals surface area contributed by atoms with Gasteiger partial charge >= 0.3 is 5.97 Å². The Labute approximate surface area is 213 Å². The summed E-state index contributed by atoms with van der Waals surface area (Å²) in [7, 11) is 0. The molecular weight excluding hydrogens is 462 g/mol. The van der Waals surface area contributed by atoms with Crippen LogP contribution in [0.4, 0.5) is 0 Å². The van der Waals surface area contributed by atoms with Crippen LogP contribution in [0.5, 0.6) is 5.75 Å². The van der Waals surface area contributed by atoms with Crippen LogP contribution in [0.1, 0.15) is 56.1 Å². The van der Waals surface area contributed by atoms with Gasteiger partial charge in [-0.2, -0.15) is 0 Å². The highest BCUT2D eigenvalue weighted by atomic mass is 16.7. The van der Waals surface area contributed by atoms with E-state index in [4.69, 9.17) is 19.9 Å². The third kappa shape index (κ3) is 6.37. The number of hydrogen-bond acceptors (Lipinski definition) is 7. The smallest absolute Gasteiger partial charge is 0.308 e. The molecule has 1 aromatic rings. The molecule has 3 atom stereocenters. The van der Waals surface area contributed by atoms with Crippen LogP contribution >= 0.6 is 0 Å². The van der Waals surface area contributed by atoms with E-state index in [9.17, 15) is 14.7 Å². The second-order valence-electron chi connectivity index (χ2n) is 10.1. The monoisotopic (exact) mass is 503 g/mol. The fourth-order valence-corrected chi connectivity index (χ4v) is 5.77. The van der Waals surface area contributed by atoms with Gasteiger partial charge in [-0.3, -0.25) is 14.5 Å². The molecule has 9 heteroatoms. The lowest BCUT2D eigenvalue weighted by molar-refractivity contribution is -0.144. The number of nitrogens with two attached hydrogens (primary N) is 1. The Hall–Kier alpha value is -2.20. The zero-order valence-electron chi connectivity index (χ0n) is 21.4. The zero-order chi connectivity index (χ0) is 25.5. The summed E-state index contributed by atoms with van der Waals surface area (Å²) in [6.45, 7) is 6.50. The minimum Gasteiger partial charge on any atom is -0.493 e. The first-order valence-corrected chi connectivity index (χ1v) is 13.4. The van der Waals surface area contributed by atoms with Crippen molar-refractivity contribution >= 4 is 11.9 Å². The number of carboxylic acids is 1. The molecule has 9 nitrogen and oxygen atoms in total. The third-order valence-corrected chi connectivity index (χ3v) is 7.67. The molecule has 3 aliphatic rings. The van der Waals surface area contributed by atoms with Crippen LogP contribution in [0.25, 0.3) is 0 Å². The predicted molar refractivity (Wildman–Crippen MR) is 135 cm³/mol. The molecule has 200 valence electrons. The number of unbranched alkanes of at least 4 members (excludes halogenated alkanes) is 1. The molecular formula is C27H41N3O6. The van der Waals surface area contributed by atoms with Gasteiger partial charge in [0.25, 0.3) is 0 Å². The minimum absolute atomic E-state index is 0.0439. The Morgan fingerprint density at radius 2 is 1.92 bits per heavy atom. The first-order valence-electron chi connectivity index (χ1n) is 13.4. The number of nitrogens with zero attached hydrogens (tertiary/aromatic N) is 2. The summed E-state index contributed by atoms with van der Waals surface area (Å²) in [5.74, 6) is -0.718. The van der Waals surface area contributed by atoms with Crippen molar-refractivity contribution < 1.29 is 28.9 Å². The topological polar surface area (TPSA) is 115 Å². The van der Waals surface area contributed by atoms with Gasteiger partial charge in [-0.05, 0) is 49.4 Å². The van der Waals surface area contributed by atoms with Crippen molar-refractivity contribution in [2.45, 2.75) is 63.7 Å². The van der Waals surface area contributed by atoms with Gasteiger partial charge in [0.15, 0.2) is 6.29 Å². The molecule has 1 amide bonds. The van der Waals surface area contributed by atoms with Crippen LogP contribution in [-0.2, 0) is 25.5 Å². The summed E-state index contributed by atoms with van der Waals surface area (Å²) in [6, 6.07) is 5.77. The number of benzene rings is 1. The van der Waals surface area contributed by atoms with E-state index in [0.717, 1.165) is 42.6 Å². The van der Waals surface area contributed by atoms with Gasteiger partial charge < -0.3 is 30.0 Å². The Morgan fingerprint density at radius 1 is 1.14 bits per heavy atom. The highest BCUT2D eigenvalue weighted by Crippen LogP contribution is 2.41. The van der Waals surface area contributed by atoms with Crippen LogP contribution < -0.4 is 10.5 Å². The van der Waals surface area contributed by atoms with Crippen LogP contribution in [0.15, 0.2) is 18.2 Å². The van der Waals surface area contributed by atoms with Crippen LogP contribution in [-0.4, -0.2) is 91.7 Å². The van der Waals surface area contributed by atoms with Crippen molar-refractivity contribution in [2.75, 3.05) is 52.5 Å². The summed E-state index contributed by atoms with van der Waals surface area (Å²) in [5.41, 5.74) is 7.85. The molecule has 3 aliphatic heterocycles. The van der Waals surface area contributed by atoms with E-state index >= 15 is 0 Å². The lowest BCUT2D eigenvalue weighted by Crippen LogP contribution is -2.45. The molecule has 36 heavy (non-hydrogen) atoms. The molecule has 0 radical (unpaired) electrons. The summed E-state index contributed by atoms with van der Waals surface area (Å²) in [4.78, 5) is 30.1. The highest BCUT2D eigenvalue weighted by molar-refractivity contribution is 5.79. The molecule has 3 N–H and O–H groups in total. The molecule has 2 fully saturated rings. The van der Waals surface area contributed by atoms with Crippen LogP contribution in [0.2, 0.25) is 0 Å². The summed E-state index contributed by atoms with van der Waals surface area (Å²) >= 11 is 0. The third-order valence-electron chi connectivity index (χ3n) is 7.67. The molecule has 0 saturated carbocycles. The molecule has 0 spiro atoms. The number of aliphatic carboxylic acids is 1. The van der Waals surface area contributed by atoms with E-state index in [1.807, 2.05) is 17.0 Å². The van der Waals surface area contributed by atoms with Crippen molar-refractivity contribution in [3.05, 3.63) is 29.3 Å². The van der Waals surface area contributed by atoms with Crippen LogP contribution in [0.3, 0.4) is 0 Å². The summed E-state index contributed by atoms with van der Waals surface area (Å²) in [6.07, 6.45) is 4.43. The first kappa shape index (κ1) is 26.9. The fourth-order valence-electron chi connectivity index (χ4n) is 5.77. The lowest BCUT2D eigenvalue weighted by atomic mass is 9.83. The molecule has 0 bridgehead atoms. The van der Waals surface area contributed by atoms with Gasteiger partial charge in [0.05, 0.1) is 32.3 Å². The molecule has 2 saturated heterocycles. The SMILES string of the molecule is CCCCN(CCCN)C(=O)CN1C[C@H](c2ccc3c(c2)CCO3)[C@@H](C(=O)O)[C@@H]1CCC1OCCO1. The van der Waals surface area contributed by atoms with Crippen LogP contribution in [0, 0.1) is 5.92 Å². The van der Waals surface area contributed by atoms with Gasteiger partial charge in [-0.15, -0.1) is 0 Å². The quantitative estimate of drug-likeness (QED) is 0.421.